The Morgan fingerprint density at radius 3 is 2.76 bits per heavy atom. The van der Waals surface area contributed by atoms with Crippen LogP contribution in [0.4, 0.5) is 5.95 Å². The molecule has 6 atom stereocenters. The van der Waals surface area contributed by atoms with Crippen LogP contribution in [0.3, 0.4) is 0 Å². The highest BCUT2D eigenvalue weighted by Gasteiger charge is 2.54. The average molecular weight is 537 g/mol. The standard InChI is InChI=1S/C22H28N5O9P/c1-12(19(30)33-3)26-37(32,36-13-7-5-4-6-8-13)34-11-15-16(28)22(2,31)20(35-15)27-10-9-14-17(27)24-21(23)25-18(14)29/h4-10,12,15-16,20,28,31H,11H2,1-3H3,(H,26,32)(H3,23,24,25,29)/t12-,15+,16+,20+,22+,37?/m0/s1. The van der Waals surface area contributed by atoms with Crippen LogP contribution in [-0.2, 0) is 23.4 Å². The molecule has 1 unspecified atom stereocenters. The van der Waals surface area contributed by atoms with Crippen LogP contribution in [0, 0.1) is 0 Å². The van der Waals surface area contributed by atoms with Crippen molar-refractivity contribution in [2.45, 2.75) is 43.9 Å². The van der Waals surface area contributed by atoms with Crippen molar-refractivity contribution in [3.8, 4) is 5.75 Å². The maximum atomic E-state index is 13.6. The van der Waals surface area contributed by atoms with E-state index in [9.17, 15) is 24.4 Å². The fourth-order valence-electron chi connectivity index (χ4n) is 3.98. The summed E-state index contributed by atoms with van der Waals surface area (Å²) >= 11 is 0. The summed E-state index contributed by atoms with van der Waals surface area (Å²) in [5.74, 6) is -0.650. The summed E-state index contributed by atoms with van der Waals surface area (Å²) in [5.41, 5.74) is 3.44. The number of nitrogens with two attached hydrogens (primary N) is 1. The molecular formula is C22H28N5O9P. The first-order chi connectivity index (χ1) is 17.4. The number of nitrogens with one attached hydrogen (secondary N) is 2. The van der Waals surface area contributed by atoms with Crippen LogP contribution in [0.15, 0.2) is 47.4 Å². The van der Waals surface area contributed by atoms with Crippen LogP contribution >= 0.6 is 7.75 Å². The number of nitrogens with zero attached hydrogens (tertiary/aromatic N) is 2. The monoisotopic (exact) mass is 537 g/mol. The van der Waals surface area contributed by atoms with Crippen molar-refractivity contribution >= 4 is 30.7 Å². The van der Waals surface area contributed by atoms with Crippen molar-refractivity contribution in [1.82, 2.24) is 19.6 Å². The first-order valence-corrected chi connectivity index (χ1v) is 12.8. The highest BCUT2D eigenvalue weighted by Crippen LogP contribution is 2.47. The first kappa shape index (κ1) is 26.8. The Bertz CT molecular complexity index is 1380. The van der Waals surface area contributed by atoms with Gasteiger partial charge in [-0.1, -0.05) is 18.2 Å². The number of nitrogen functional groups attached to an aromatic ring is 1. The van der Waals surface area contributed by atoms with Crippen LogP contribution < -0.4 is 20.9 Å². The van der Waals surface area contributed by atoms with Crippen LogP contribution in [0.5, 0.6) is 5.75 Å². The number of esters is 1. The number of rotatable bonds is 9. The third-order valence-electron chi connectivity index (χ3n) is 5.89. The number of para-hydroxylation sites is 1. The molecule has 1 aliphatic heterocycles. The van der Waals surface area contributed by atoms with Crippen molar-refractivity contribution in [3.05, 3.63) is 52.9 Å². The van der Waals surface area contributed by atoms with E-state index in [2.05, 4.69) is 19.8 Å². The number of fused-ring (bicyclic) bond motifs is 1. The van der Waals surface area contributed by atoms with Crippen molar-refractivity contribution in [1.29, 1.82) is 0 Å². The summed E-state index contributed by atoms with van der Waals surface area (Å²) in [7, 11) is -3.04. The summed E-state index contributed by atoms with van der Waals surface area (Å²) in [6.07, 6.45) is -2.46. The van der Waals surface area contributed by atoms with E-state index >= 15 is 0 Å². The number of benzene rings is 1. The molecule has 0 aliphatic carbocycles. The van der Waals surface area contributed by atoms with Crippen molar-refractivity contribution < 1.29 is 38.1 Å². The molecule has 14 nitrogen and oxygen atoms in total. The Labute approximate surface area is 210 Å². The predicted molar refractivity (Wildman–Crippen MR) is 131 cm³/mol. The molecule has 0 spiro atoms. The zero-order valence-electron chi connectivity index (χ0n) is 20.2. The average Bonchev–Trinajstić information content (AvgIpc) is 3.36. The zero-order valence-corrected chi connectivity index (χ0v) is 21.1. The second-order valence-electron chi connectivity index (χ2n) is 8.68. The second kappa shape index (κ2) is 10.2. The van der Waals surface area contributed by atoms with Crippen molar-refractivity contribution in [2.75, 3.05) is 19.5 Å². The molecule has 0 radical (unpaired) electrons. The molecule has 6 N–H and O–H groups in total. The number of carbonyl (C=O) groups excluding carboxylic acids is 1. The smallest absolute Gasteiger partial charge is 0.459 e. The van der Waals surface area contributed by atoms with E-state index in [-0.39, 0.29) is 22.7 Å². The molecule has 0 bridgehead atoms. The van der Waals surface area contributed by atoms with E-state index in [0.717, 1.165) is 0 Å². The van der Waals surface area contributed by atoms with Gasteiger partial charge in [-0.25, -0.2) is 4.57 Å². The normalized spacial score (nSPS) is 26.0. The molecule has 1 saturated heterocycles. The largest absolute Gasteiger partial charge is 0.468 e. The molecule has 3 aromatic rings. The molecular weight excluding hydrogens is 509 g/mol. The van der Waals surface area contributed by atoms with Crippen LogP contribution in [0.2, 0.25) is 0 Å². The van der Waals surface area contributed by atoms with Gasteiger partial charge in [0.15, 0.2) is 11.9 Å². The first-order valence-electron chi connectivity index (χ1n) is 11.2. The summed E-state index contributed by atoms with van der Waals surface area (Å²) in [4.78, 5) is 30.6. The maximum absolute atomic E-state index is 13.6. The molecule has 3 heterocycles. The number of anilines is 1. The van der Waals surface area contributed by atoms with Crippen LogP contribution in [0.1, 0.15) is 20.1 Å². The fraction of sp³-hybridized carbons (Fsp3) is 0.409. The van der Waals surface area contributed by atoms with Crippen LogP contribution in [-0.4, -0.2) is 68.3 Å². The van der Waals surface area contributed by atoms with Gasteiger partial charge in [0.1, 0.15) is 29.6 Å². The highest BCUT2D eigenvalue weighted by molar-refractivity contribution is 7.52. The molecule has 1 aliphatic rings. The molecule has 1 fully saturated rings. The minimum Gasteiger partial charge on any atom is -0.468 e. The minimum absolute atomic E-state index is 0.131. The number of hydrogen-bond acceptors (Lipinski definition) is 11. The molecule has 37 heavy (non-hydrogen) atoms. The number of aliphatic hydroxyl groups excluding tert-OH is 1. The number of aromatic amines is 1. The number of ether oxygens (including phenoxy) is 2. The van der Waals surface area contributed by atoms with E-state index in [1.54, 1.807) is 30.3 Å². The summed E-state index contributed by atoms with van der Waals surface area (Å²) in [5, 5.41) is 24.7. The lowest BCUT2D eigenvalue weighted by molar-refractivity contribution is -0.142. The van der Waals surface area contributed by atoms with Gasteiger partial charge in [-0.3, -0.25) is 19.1 Å². The molecule has 0 amide bonds. The third kappa shape index (κ3) is 5.39. The minimum atomic E-state index is -4.22. The van der Waals surface area contributed by atoms with Gasteiger partial charge in [0.05, 0.1) is 19.1 Å². The number of H-pyrrole nitrogens is 1. The Kier molecular flexibility index (Phi) is 7.42. The molecule has 0 saturated carbocycles. The topological polar surface area (TPSA) is 200 Å². The molecule has 1 aromatic carbocycles. The maximum Gasteiger partial charge on any atom is 0.459 e. The summed E-state index contributed by atoms with van der Waals surface area (Å²) < 4.78 is 36.6. The molecule has 15 heteroatoms. The number of aliphatic hydroxyl groups is 2. The Morgan fingerprint density at radius 1 is 1.38 bits per heavy atom. The van der Waals surface area contributed by atoms with Gasteiger partial charge in [0.25, 0.3) is 5.56 Å². The fourth-order valence-corrected chi connectivity index (χ4v) is 5.48. The molecule has 4 rings (SSSR count). The van der Waals surface area contributed by atoms with Gasteiger partial charge in [0.2, 0.25) is 5.95 Å². The van der Waals surface area contributed by atoms with Crippen molar-refractivity contribution in [3.63, 3.8) is 0 Å². The Morgan fingerprint density at radius 2 is 2.08 bits per heavy atom. The number of methoxy groups -OCH3 is 1. The lowest BCUT2D eigenvalue weighted by atomic mass is 9.96. The van der Waals surface area contributed by atoms with E-state index in [4.69, 9.17) is 19.5 Å². The van der Waals surface area contributed by atoms with Crippen molar-refractivity contribution in [2.24, 2.45) is 0 Å². The highest BCUT2D eigenvalue weighted by atomic mass is 31.2. The van der Waals surface area contributed by atoms with E-state index in [1.807, 2.05) is 0 Å². The van der Waals surface area contributed by atoms with Gasteiger partial charge >= 0.3 is 13.7 Å². The Balaban J connectivity index is 1.57. The van der Waals surface area contributed by atoms with Crippen LogP contribution in [0.25, 0.3) is 11.0 Å². The second-order valence-corrected chi connectivity index (χ2v) is 10.4. The van der Waals surface area contributed by atoms with Gasteiger partial charge in [-0.2, -0.15) is 10.1 Å². The van der Waals surface area contributed by atoms with Gasteiger partial charge in [-0.15, -0.1) is 0 Å². The SMILES string of the molecule is COC(=O)[C@H](C)NP(=O)(OC[C@H]1O[C@@H](n2ccc3c(=O)[nH]c(N)nc32)[C@](C)(O)[C@@H]1O)Oc1ccccc1. The number of hydrogen-bond donors (Lipinski definition) is 5. The third-order valence-corrected chi connectivity index (χ3v) is 7.53. The predicted octanol–water partition coefficient (Wildman–Crippen LogP) is 0.671. The van der Waals surface area contributed by atoms with Gasteiger partial charge < -0.3 is 34.5 Å². The quantitative estimate of drug-likeness (QED) is 0.189. The van der Waals surface area contributed by atoms with E-state index in [1.165, 1.54) is 37.8 Å². The number of carbonyl (C=O) groups is 1. The Hall–Kier alpha value is -3.26. The van der Waals surface area contributed by atoms with Gasteiger partial charge in [0, 0.05) is 6.20 Å². The molecule has 200 valence electrons. The number of aromatic nitrogens is 3. The lowest BCUT2D eigenvalue weighted by Gasteiger charge is -2.27. The van der Waals surface area contributed by atoms with Gasteiger partial charge in [-0.05, 0) is 32.0 Å². The van der Waals surface area contributed by atoms with E-state index < -0.39 is 56.0 Å². The molecule has 2 aromatic heterocycles. The lowest BCUT2D eigenvalue weighted by Crippen LogP contribution is -2.44. The summed E-state index contributed by atoms with van der Waals surface area (Å²) in [6.45, 7) is 2.24. The zero-order chi connectivity index (χ0) is 27.0. The summed E-state index contributed by atoms with van der Waals surface area (Å²) in [6, 6.07) is 8.53. The van der Waals surface area contributed by atoms with E-state index in [0.29, 0.717) is 0 Å².